The summed E-state index contributed by atoms with van der Waals surface area (Å²) in [5.41, 5.74) is 1.82. The maximum absolute atomic E-state index is 5.99. The Hall–Kier alpha value is -1.88. The van der Waals surface area contributed by atoms with Crippen molar-refractivity contribution in [3.8, 4) is 11.3 Å². The third-order valence-corrected chi connectivity index (χ3v) is 4.51. The molecule has 1 aromatic heterocycles. The maximum atomic E-state index is 5.99. The van der Waals surface area contributed by atoms with Crippen LogP contribution in [0.15, 0.2) is 28.7 Å². The topological polar surface area (TPSA) is 41.1 Å². The minimum absolute atomic E-state index is 0.708. The third-order valence-electron chi connectivity index (χ3n) is 3.57. The minimum Gasteiger partial charge on any atom is -0.437 e. The van der Waals surface area contributed by atoms with Gasteiger partial charge in [-0.15, -0.1) is 0 Å². The molecule has 2 aliphatic rings. The van der Waals surface area contributed by atoms with Crippen molar-refractivity contribution in [2.45, 2.75) is 20.8 Å². The molecule has 1 aromatic rings. The van der Waals surface area contributed by atoms with Gasteiger partial charge in [-0.3, -0.25) is 0 Å². The van der Waals surface area contributed by atoms with Crippen LogP contribution in [0.2, 0.25) is 0 Å². The number of nitrogens with zero attached hydrogens (tertiary/aromatic N) is 2. The molecule has 0 fully saturated rings. The second-order valence-electron chi connectivity index (χ2n) is 4.86. The summed E-state index contributed by atoms with van der Waals surface area (Å²) in [7, 11) is 0. The lowest BCUT2D eigenvalue weighted by molar-refractivity contribution is 0.597. The summed E-state index contributed by atoms with van der Waals surface area (Å²) in [4.78, 5) is 4.49. The molecular formula is C16H20N3OS+. The first-order valence-corrected chi connectivity index (χ1v) is 8.23. The van der Waals surface area contributed by atoms with Crippen LogP contribution in [-0.2, 0) is 0 Å². The zero-order valence-electron chi connectivity index (χ0n) is 12.6. The van der Waals surface area contributed by atoms with Gasteiger partial charge in [-0.25, -0.2) is 4.58 Å². The molecule has 3 rings (SSSR count). The lowest BCUT2D eigenvalue weighted by atomic mass is 10.1. The number of aromatic nitrogens is 1. The third kappa shape index (κ3) is 2.65. The average Bonchev–Trinajstić information content (AvgIpc) is 2.87. The smallest absolute Gasteiger partial charge is 0.239 e. The molecule has 0 spiro atoms. The number of hydrogen-bond acceptors (Lipinski definition) is 4. The van der Waals surface area contributed by atoms with Crippen LogP contribution >= 0.6 is 11.3 Å². The summed E-state index contributed by atoms with van der Waals surface area (Å²) >= 11 is 1.63. The number of anilines is 1. The van der Waals surface area contributed by atoms with Crippen LogP contribution in [0, 0.1) is 0 Å². The molecule has 0 saturated carbocycles. The van der Waals surface area contributed by atoms with Crippen LogP contribution < -0.4 is 15.2 Å². The minimum atomic E-state index is 0.708. The highest BCUT2D eigenvalue weighted by Gasteiger charge is 2.13. The van der Waals surface area contributed by atoms with Crippen LogP contribution in [0.1, 0.15) is 20.8 Å². The zero-order chi connectivity index (χ0) is 14.8. The van der Waals surface area contributed by atoms with Gasteiger partial charge in [0.2, 0.25) is 11.1 Å². The molecule has 0 amide bonds. The quantitative estimate of drug-likeness (QED) is 0.752. The van der Waals surface area contributed by atoms with Crippen LogP contribution in [0.4, 0.5) is 5.13 Å². The van der Waals surface area contributed by atoms with E-state index in [4.69, 9.17) is 4.42 Å². The molecule has 0 unspecified atom stereocenters. The van der Waals surface area contributed by atoms with Gasteiger partial charge in [-0.2, -0.15) is 4.98 Å². The number of fused-ring (bicyclic) bond motifs is 2. The first kappa shape index (κ1) is 14.1. The largest absolute Gasteiger partial charge is 0.437 e. The van der Waals surface area contributed by atoms with Gasteiger partial charge in [0.05, 0.1) is 10.8 Å². The molecule has 1 N–H and O–H groups in total. The summed E-state index contributed by atoms with van der Waals surface area (Å²) in [5, 5.41) is 5.34. The van der Waals surface area contributed by atoms with Crippen LogP contribution in [0.25, 0.3) is 21.7 Å². The predicted molar refractivity (Wildman–Crippen MR) is 89.0 cm³/mol. The van der Waals surface area contributed by atoms with Crippen molar-refractivity contribution in [2.24, 2.45) is 0 Å². The van der Waals surface area contributed by atoms with E-state index >= 15 is 0 Å². The van der Waals surface area contributed by atoms with Crippen molar-refractivity contribution in [3.05, 3.63) is 29.6 Å². The van der Waals surface area contributed by atoms with Gasteiger partial charge in [0.25, 0.3) is 0 Å². The van der Waals surface area contributed by atoms with Gasteiger partial charge < -0.3 is 9.73 Å². The predicted octanol–water partition coefficient (Wildman–Crippen LogP) is 3.24. The van der Waals surface area contributed by atoms with Gasteiger partial charge >= 0.3 is 0 Å². The highest BCUT2D eigenvalue weighted by molar-refractivity contribution is 7.22. The molecule has 4 nitrogen and oxygen atoms in total. The Morgan fingerprint density at radius 2 is 2.00 bits per heavy atom. The molecule has 0 saturated heterocycles. The maximum Gasteiger partial charge on any atom is 0.239 e. The Kier molecular flexibility index (Phi) is 3.92. The Bertz CT molecular complexity index is 797. The molecular weight excluding hydrogens is 282 g/mol. The van der Waals surface area contributed by atoms with Gasteiger partial charge in [-0.05, 0) is 32.9 Å². The van der Waals surface area contributed by atoms with Crippen molar-refractivity contribution in [1.29, 1.82) is 0 Å². The summed E-state index contributed by atoms with van der Waals surface area (Å²) in [6.45, 7) is 9.24. The second kappa shape index (κ2) is 5.85. The lowest BCUT2D eigenvalue weighted by Crippen LogP contribution is -2.29. The van der Waals surface area contributed by atoms with E-state index in [-0.39, 0.29) is 0 Å². The number of hydrogen-bond donors (Lipinski definition) is 1. The summed E-state index contributed by atoms with van der Waals surface area (Å²) in [6, 6.07) is 8.54. The average molecular weight is 302 g/mol. The fourth-order valence-corrected chi connectivity index (χ4v) is 3.38. The number of thiazole rings is 1. The molecule has 0 radical (unpaired) electrons. The Balaban J connectivity index is 2.20. The molecule has 2 heterocycles. The Labute approximate surface area is 128 Å². The monoisotopic (exact) mass is 302 g/mol. The molecule has 5 heteroatoms. The van der Waals surface area contributed by atoms with E-state index in [0.29, 0.717) is 5.71 Å². The molecule has 110 valence electrons. The molecule has 1 aliphatic carbocycles. The summed E-state index contributed by atoms with van der Waals surface area (Å²) < 4.78 is 9.37. The van der Waals surface area contributed by atoms with Gasteiger partial charge in [0.1, 0.15) is 18.8 Å². The lowest BCUT2D eigenvalue weighted by Gasteiger charge is -2.03. The van der Waals surface area contributed by atoms with Crippen molar-refractivity contribution in [2.75, 3.05) is 25.0 Å². The van der Waals surface area contributed by atoms with E-state index in [1.54, 1.807) is 11.3 Å². The zero-order valence-corrected chi connectivity index (χ0v) is 13.5. The Morgan fingerprint density at radius 3 is 2.71 bits per heavy atom. The fraction of sp³-hybridized carbons (Fsp3) is 0.375. The number of benzene rings is 1. The van der Waals surface area contributed by atoms with Crippen LogP contribution in [0.3, 0.4) is 0 Å². The number of rotatable bonds is 4. The highest BCUT2D eigenvalue weighted by atomic mass is 32.1. The van der Waals surface area contributed by atoms with Crippen molar-refractivity contribution in [3.63, 3.8) is 0 Å². The van der Waals surface area contributed by atoms with E-state index in [1.807, 2.05) is 0 Å². The van der Waals surface area contributed by atoms with E-state index < -0.39 is 0 Å². The summed E-state index contributed by atoms with van der Waals surface area (Å²) in [6.07, 6.45) is 0. The fourth-order valence-electron chi connectivity index (χ4n) is 2.47. The highest BCUT2D eigenvalue weighted by Crippen LogP contribution is 2.32. The molecule has 0 aromatic carbocycles. The molecule has 0 atom stereocenters. The second-order valence-corrected chi connectivity index (χ2v) is 5.89. The van der Waals surface area contributed by atoms with Gasteiger partial charge in [0, 0.05) is 18.2 Å². The molecule has 21 heavy (non-hydrogen) atoms. The molecule has 0 bridgehead atoms. The van der Waals surface area contributed by atoms with E-state index in [9.17, 15) is 0 Å². The number of nitrogens with one attached hydrogen (secondary N) is 1. The molecule has 1 aliphatic heterocycles. The van der Waals surface area contributed by atoms with E-state index in [0.717, 1.165) is 40.8 Å². The van der Waals surface area contributed by atoms with Crippen LogP contribution in [0.5, 0.6) is 0 Å². The van der Waals surface area contributed by atoms with Crippen LogP contribution in [-0.4, -0.2) is 24.6 Å². The standard InChI is InChI=1S/C16H19N3OS/c1-4-17-16-18-15-14(21-16)9-11-7-8-12(10-13(11)20-15)19(5-2)6-3/h7-10H,4-6H2,1-3H3/p+1. The van der Waals surface area contributed by atoms with Crippen molar-refractivity contribution >= 4 is 26.9 Å². The van der Waals surface area contributed by atoms with Crippen molar-refractivity contribution in [1.82, 2.24) is 9.56 Å². The SMILES string of the molecule is CCNc1nc2oc3cc(=[N+](CC)CC)ccc-3cc2s1. The normalized spacial score (nSPS) is 11.2. The van der Waals surface area contributed by atoms with E-state index in [2.05, 4.69) is 59.9 Å². The van der Waals surface area contributed by atoms with Crippen molar-refractivity contribution < 1.29 is 4.42 Å². The Morgan fingerprint density at radius 1 is 1.19 bits per heavy atom. The van der Waals surface area contributed by atoms with Gasteiger partial charge in [-0.1, -0.05) is 11.3 Å². The summed E-state index contributed by atoms with van der Waals surface area (Å²) in [5.74, 6) is 0.889. The van der Waals surface area contributed by atoms with E-state index in [1.165, 1.54) is 5.36 Å². The first-order valence-electron chi connectivity index (χ1n) is 7.41. The first-order chi connectivity index (χ1) is 10.2. The van der Waals surface area contributed by atoms with Gasteiger partial charge in [0.15, 0.2) is 5.13 Å².